The van der Waals surface area contributed by atoms with Gasteiger partial charge in [0.05, 0.1) is 17.5 Å². The van der Waals surface area contributed by atoms with Crippen molar-refractivity contribution in [2.75, 3.05) is 6.54 Å². The van der Waals surface area contributed by atoms with Gasteiger partial charge in [0.15, 0.2) is 0 Å². The highest BCUT2D eigenvalue weighted by molar-refractivity contribution is 5.85. The molecule has 2 atom stereocenters. The van der Waals surface area contributed by atoms with Gasteiger partial charge in [-0.15, -0.1) is 12.4 Å². The zero-order chi connectivity index (χ0) is 17.1. The van der Waals surface area contributed by atoms with Crippen LogP contribution in [0.25, 0.3) is 5.69 Å². The Labute approximate surface area is 154 Å². The van der Waals surface area contributed by atoms with E-state index < -0.39 is 0 Å². The average Bonchev–Trinajstić information content (AvgIpc) is 3.19. The molecule has 3 rings (SSSR count). The van der Waals surface area contributed by atoms with E-state index in [2.05, 4.69) is 10.4 Å². The lowest BCUT2D eigenvalue weighted by molar-refractivity contribution is -0.132. The predicted molar refractivity (Wildman–Crippen MR) is 99.1 cm³/mol. The second-order valence-electron chi connectivity index (χ2n) is 6.25. The number of para-hydroxylation sites is 1. The minimum Gasteiger partial charge on any atom is -0.364 e. The van der Waals surface area contributed by atoms with Crippen molar-refractivity contribution in [1.82, 2.24) is 15.1 Å². The maximum atomic E-state index is 12.3. The quantitative estimate of drug-likeness (QED) is 0.850. The van der Waals surface area contributed by atoms with E-state index in [1.165, 1.54) is 0 Å². The lowest BCUT2D eigenvalue weighted by Crippen LogP contribution is -2.35. The first kappa shape index (κ1) is 19.4. The summed E-state index contributed by atoms with van der Waals surface area (Å²) in [5, 5.41) is 7.51. The highest BCUT2D eigenvalue weighted by Gasteiger charge is 2.29. The number of amides is 1. The van der Waals surface area contributed by atoms with Gasteiger partial charge in [-0.3, -0.25) is 4.79 Å². The number of halogens is 1. The van der Waals surface area contributed by atoms with Crippen LogP contribution in [0.15, 0.2) is 30.3 Å². The summed E-state index contributed by atoms with van der Waals surface area (Å²) in [6.07, 6.45) is 1.19. The molecular weight excluding hydrogens is 340 g/mol. The maximum Gasteiger partial charge on any atom is 0.249 e. The number of rotatable bonds is 5. The third-order valence-electron chi connectivity index (χ3n) is 4.35. The molecule has 0 unspecified atom stereocenters. The Morgan fingerprint density at radius 2 is 2.12 bits per heavy atom. The number of nitrogens with one attached hydrogen (secondary N) is 1. The standard InChI is InChI=1S/C18H24N4O2.ClH/c1-12-9-13(2)22(21-12)16-6-4-3-5-14(16)11-20-18(23)17-8-7-15(10-19)24-17;/h3-6,9,15,17H,7-8,10-11,19H2,1-2H3,(H,20,23);1H/t15-,17+;/m1./s1. The van der Waals surface area contributed by atoms with Gasteiger partial charge < -0.3 is 15.8 Å². The van der Waals surface area contributed by atoms with Gasteiger partial charge in [-0.2, -0.15) is 5.10 Å². The monoisotopic (exact) mass is 364 g/mol. The van der Waals surface area contributed by atoms with Crippen LogP contribution in [0.4, 0.5) is 0 Å². The summed E-state index contributed by atoms with van der Waals surface area (Å²) in [7, 11) is 0. The predicted octanol–water partition coefficient (Wildman–Crippen LogP) is 2.03. The maximum absolute atomic E-state index is 12.3. The Morgan fingerprint density at radius 1 is 1.36 bits per heavy atom. The number of nitrogens with two attached hydrogens (primary N) is 1. The summed E-state index contributed by atoms with van der Waals surface area (Å²) < 4.78 is 7.55. The summed E-state index contributed by atoms with van der Waals surface area (Å²) in [5.41, 5.74) is 9.63. The number of carbonyl (C=O) groups excluding carboxylic acids is 1. The number of aromatic nitrogens is 2. The lowest BCUT2D eigenvalue weighted by atomic mass is 10.1. The van der Waals surface area contributed by atoms with Crippen LogP contribution < -0.4 is 11.1 Å². The molecule has 3 N–H and O–H groups in total. The number of nitrogens with zero attached hydrogens (tertiary/aromatic N) is 2. The molecule has 6 nitrogen and oxygen atoms in total. The van der Waals surface area contributed by atoms with E-state index in [4.69, 9.17) is 10.5 Å². The van der Waals surface area contributed by atoms with Crippen LogP contribution in [0.1, 0.15) is 29.8 Å². The van der Waals surface area contributed by atoms with Crippen LogP contribution in [-0.2, 0) is 16.1 Å². The topological polar surface area (TPSA) is 82.2 Å². The molecule has 1 aliphatic heterocycles. The molecule has 1 saturated heterocycles. The van der Waals surface area contributed by atoms with Gasteiger partial charge in [0.1, 0.15) is 6.10 Å². The molecule has 0 saturated carbocycles. The minimum absolute atomic E-state index is 0. The van der Waals surface area contributed by atoms with E-state index in [-0.39, 0.29) is 30.5 Å². The molecule has 0 spiro atoms. The third-order valence-corrected chi connectivity index (χ3v) is 4.35. The first-order chi connectivity index (χ1) is 11.6. The van der Waals surface area contributed by atoms with Gasteiger partial charge in [-0.1, -0.05) is 18.2 Å². The van der Waals surface area contributed by atoms with Crippen LogP contribution in [-0.4, -0.2) is 34.4 Å². The Hall–Kier alpha value is -1.89. The van der Waals surface area contributed by atoms with Gasteiger partial charge in [0.25, 0.3) is 0 Å². The first-order valence-corrected chi connectivity index (χ1v) is 8.33. The van der Waals surface area contributed by atoms with Gasteiger partial charge >= 0.3 is 0 Å². The average molecular weight is 365 g/mol. The van der Waals surface area contributed by atoms with Crippen molar-refractivity contribution < 1.29 is 9.53 Å². The number of hydrogen-bond acceptors (Lipinski definition) is 4. The molecule has 7 heteroatoms. The van der Waals surface area contributed by atoms with Crippen LogP contribution in [0.3, 0.4) is 0 Å². The van der Waals surface area contributed by atoms with Crippen LogP contribution in [0.5, 0.6) is 0 Å². The lowest BCUT2D eigenvalue weighted by Gasteiger charge is -2.15. The molecule has 0 bridgehead atoms. The molecular formula is C18H25ClN4O2. The Balaban J connectivity index is 0.00000225. The van der Waals surface area contributed by atoms with E-state index in [0.29, 0.717) is 13.1 Å². The summed E-state index contributed by atoms with van der Waals surface area (Å²) in [6.45, 7) is 4.90. The molecule has 0 aliphatic carbocycles. The summed E-state index contributed by atoms with van der Waals surface area (Å²) >= 11 is 0. The van der Waals surface area contributed by atoms with Crippen molar-refractivity contribution >= 4 is 18.3 Å². The molecule has 1 aromatic carbocycles. The fourth-order valence-corrected chi connectivity index (χ4v) is 3.11. The van der Waals surface area contributed by atoms with Crippen molar-refractivity contribution in [3.63, 3.8) is 0 Å². The van der Waals surface area contributed by atoms with Crippen molar-refractivity contribution in [3.05, 3.63) is 47.3 Å². The number of hydrogen-bond donors (Lipinski definition) is 2. The van der Waals surface area contributed by atoms with E-state index in [9.17, 15) is 4.79 Å². The molecule has 1 fully saturated rings. The largest absolute Gasteiger partial charge is 0.364 e. The third kappa shape index (κ3) is 4.39. The molecule has 0 radical (unpaired) electrons. The SMILES string of the molecule is Cc1cc(C)n(-c2ccccc2CNC(=O)[C@@H]2CC[C@H](CN)O2)n1.Cl. The minimum atomic E-state index is -0.389. The van der Waals surface area contributed by atoms with E-state index in [1.54, 1.807) is 0 Å². The zero-order valence-electron chi connectivity index (χ0n) is 14.6. The van der Waals surface area contributed by atoms with Gasteiger partial charge in [-0.05, 0) is 44.4 Å². The molecule has 136 valence electrons. The van der Waals surface area contributed by atoms with Crippen molar-refractivity contribution in [2.24, 2.45) is 5.73 Å². The van der Waals surface area contributed by atoms with Crippen molar-refractivity contribution in [1.29, 1.82) is 0 Å². The van der Waals surface area contributed by atoms with Crippen LogP contribution in [0, 0.1) is 13.8 Å². The van der Waals surface area contributed by atoms with Crippen molar-refractivity contribution in [3.8, 4) is 5.69 Å². The highest BCUT2D eigenvalue weighted by Crippen LogP contribution is 2.20. The molecule has 25 heavy (non-hydrogen) atoms. The fourth-order valence-electron chi connectivity index (χ4n) is 3.11. The molecule has 2 aromatic rings. The summed E-state index contributed by atoms with van der Waals surface area (Å²) in [5.74, 6) is -0.0749. The van der Waals surface area contributed by atoms with Crippen molar-refractivity contribution in [2.45, 2.75) is 45.4 Å². The van der Waals surface area contributed by atoms with Gasteiger partial charge in [0, 0.05) is 18.8 Å². The molecule has 1 amide bonds. The van der Waals surface area contributed by atoms with Gasteiger partial charge in [-0.25, -0.2) is 4.68 Å². The Bertz CT molecular complexity index is 732. The van der Waals surface area contributed by atoms with E-state index in [1.807, 2.05) is 48.9 Å². The van der Waals surface area contributed by atoms with Crippen LogP contribution >= 0.6 is 12.4 Å². The summed E-state index contributed by atoms with van der Waals surface area (Å²) in [6, 6.07) is 9.99. The number of ether oxygens (including phenoxy) is 1. The fraction of sp³-hybridized carbons (Fsp3) is 0.444. The smallest absolute Gasteiger partial charge is 0.249 e. The van der Waals surface area contributed by atoms with E-state index in [0.717, 1.165) is 35.5 Å². The van der Waals surface area contributed by atoms with Gasteiger partial charge in [0.2, 0.25) is 5.91 Å². The Morgan fingerprint density at radius 3 is 2.76 bits per heavy atom. The first-order valence-electron chi connectivity index (χ1n) is 8.33. The number of carbonyl (C=O) groups is 1. The molecule has 1 aromatic heterocycles. The highest BCUT2D eigenvalue weighted by atomic mass is 35.5. The number of aryl methyl sites for hydroxylation is 2. The molecule has 2 heterocycles. The van der Waals surface area contributed by atoms with E-state index >= 15 is 0 Å². The second kappa shape index (κ2) is 8.47. The summed E-state index contributed by atoms with van der Waals surface area (Å²) in [4.78, 5) is 12.3. The Kier molecular flexibility index (Phi) is 6.58. The number of benzene rings is 1. The zero-order valence-corrected chi connectivity index (χ0v) is 15.4. The second-order valence-corrected chi connectivity index (χ2v) is 6.25. The molecule has 1 aliphatic rings. The van der Waals surface area contributed by atoms with Crippen LogP contribution in [0.2, 0.25) is 0 Å². The normalized spacial score (nSPS) is 19.5.